The van der Waals surface area contributed by atoms with Gasteiger partial charge < -0.3 is 4.74 Å². The zero-order valence-electron chi connectivity index (χ0n) is 8.75. The maximum absolute atomic E-state index is 5.73. The van der Waals surface area contributed by atoms with Crippen molar-refractivity contribution in [3.8, 4) is 0 Å². The Morgan fingerprint density at radius 2 is 2.14 bits per heavy atom. The highest BCUT2D eigenvalue weighted by Crippen LogP contribution is 2.31. The van der Waals surface area contributed by atoms with E-state index in [9.17, 15) is 0 Å². The molecule has 2 nitrogen and oxygen atoms in total. The van der Waals surface area contributed by atoms with Crippen molar-refractivity contribution in [3.63, 3.8) is 0 Å². The van der Waals surface area contributed by atoms with Crippen molar-refractivity contribution < 1.29 is 4.74 Å². The number of hydrogen-bond acceptors (Lipinski definition) is 3. The Hall–Kier alpha value is 0.560. The van der Waals surface area contributed by atoms with Gasteiger partial charge in [0.2, 0.25) is 0 Å². The molecule has 1 unspecified atom stereocenters. The molecule has 0 amide bonds. The number of rotatable bonds is 2. The van der Waals surface area contributed by atoms with E-state index in [-0.39, 0.29) is 18.1 Å². The van der Waals surface area contributed by atoms with Crippen molar-refractivity contribution in [2.24, 2.45) is 5.92 Å². The zero-order valence-corrected chi connectivity index (χ0v) is 10.4. The van der Waals surface area contributed by atoms with Crippen LogP contribution in [0.3, 0.4) is 0 Å². The Bertz CT molecular complexity index is 168. The average Bonchev–Trinajstić information content (AvgIpc) is 2.54. The van der Waals surface area contributed by atoms with Gasteiger partial charge in [0.05, 0.1) is 6.61 Å². The lowest BCUT2D eigenvalue weighted by Crippen LogP contribution is -2.40. The summed E-state index contributed by atoms with van der Waals surface area (Å²) in [5.74, 6) is 3.58. The Morgan fingerprint density at radius 1 is 1.43 bits per heavy atom. The number of nitrogens with one attached hydrogen (secondary N) is 1. The van der Waals surface area contributed by atoms with Crippen LogP contribution < -0.4 is 5.32 Å². The normalized spacial score (nSPS) is 34.1. The first-order chi connectivity index (χ1) is 6.29. The molecule has 4 heteroatoms. The summed E-state index contributed by atoms with van der Waals surface area (Å²) < 4.78 is 5.73. The Labute approximate surface area is 97.0 Å². The zero-order chi connectivity index (χ0) is 9.15. The summed E-state index contributed by atoms with van der Waals surface area (Å²) in [6.07, 6.45) is 3.96. The lowest BCUT2D eigenvalue weighted by molar-refractivity contribution is -0.0143. The van der Waals surface area contributed by atoms with Gasteiger partial charge in [-0.3, -0.25) is 5.32 Å². The van der Waals surface area contributed by atoms with Crippen LogP contribution in [0.1, 0.15) is 26.2 Å². The number of ether oxygens (including phenoxy) is 1. The van der Waals surface area contributed by atoms with E-state index in [2.05, 4.69) is 24.0 Å². The first kappa shape index (κ1) is 12.6. The summed E-state index contributed by atoms with van der Waals surface area (Å²) in [4.78, 5) is 0. The van der Waals surface area contributed by atoms with Gasteiger partial charge in [-0.05, 0) is 43.6 Å². The van der Waals surface area contributed by atoms with Crippen LogP contribution in [0.15, 0.2) is 0 Å². The van der Waals surface area contributed by atoms with Gasteiger partial charge >= 0.3 is 0 Å². The second-order valence-corrected chi connectivity index (χ2v) is 5.49. The van der Waals surface area contributed by atoms with E-state index in [1.54, 1.807) is 0 Å². The van der Waals surface area contributed by atoms with Crippen LogP contribution in [-0.2, 0) is 4.74 Å². The third kappa shape index (κ3) is 3.30. The molecule has 2 heterocycles. The minimum atomic E-state index is -0.00727. The first-order valence-electron chi connectivity index (χ1n) is 5.25. The molecule has 2 saturated heterocycles. The van der Waals surface area contributed by atoms with Crippen molar-refractivity contribution in [1.82, 2.24) is 5.32 Å². The molecule has 0 aliphatic carbocycles. The minimum absolute atomic E-state index is 0. The second-order valence-electron chi connectivity index (χ2n) is 4.27. The van der Waals surface area contributed by atoms with Crippen LogP contribution in [0.4, 0.5) is 0 Å². The Morgan fingerprint density at radius 3 is 2.71 bits per heavy atom. The van der Waals surface area contributed by atoms with Gasteiger partial charge in [0.1, 0.15) is 5.72 Å². The van der Waals surface area contributed by atoms with E-state index in [1.807, 2.05) is 0 Å². The van der Waals surface area contributed by atoms with Crippen LogP contribution >= 0.6 is 24.2 Å². The summed E-state index contributed by atoms with van der Waals surface area (Å²) in [6, 6.07) is 0. The minimum Gasteiger partial charge on any atom is -0.360 e. The van der Waals surface area contributed by atoms with Crippen molar-refractivity contribution in [3.05, 3.63) is 0 Å². The first-order valence-corrected chi connectivity index (χ1v) is 6.41. The molecule has 0 aromatic rings. The summed E-state index contributed by atoms with van der Waals surface area (Å²) in [5, 5.41) is 3.45. The van der Waals surface area contributed by atoms with E-state index in [0.29, 0.717) is 0 Å². The maximum Gasteiger partial charge on any atom is 0.116 e. The average molecular weight is 238 g/mol. The predicted octanol–water partition coefficient (Wildman–Crippen LogP) is 2.28. The van der Waals surface area contributed by atoms with Crippen molar-refractivity contribution in [2.45, 2.75) is 31.9 Å². The topological polar surface area (TPSA) is 21.3 Å². The highest BCUT2D eigenvalue weighted by atomic mass is 35.5. The quantitative estimate of drug-likeness (QED) is 0.796. The van der Waals surface area contributed by atoms with Crippen LogP contribution in [0, 0.1) is 5.92 Å². The maximum atomic E-state index is 5.73. The molecular formula is C10H20ClNOS. The summed E-state index contributed by atoms with van der Waals surface area (Å²) in [7, 11) is 0. The molecule has 84 valence electrons. The van der Waals surface area contributed by atoms with Crippen molar-refractivity contribution in [1.29, 1.82) is 0 Å². The predicted molar refractivity (Wildman–Crippen MR) is 64.3 cm³/mol. The van der Waals surface area contributed by atoms with Crippen LogP contribution in [0.2, 0.25) is 0 Å². The van der Waals surface area contributed by atoms with Gasteiger partial charge in [0, 0.05) is 6.54 Å². The highest BCUT2D eigenvalue weighted by molar-refractivity contribution is 7.99. The molecule has 0 bridgehead atoms. The summed E-state index contributed by atoms with van der Waals surface area (Å²) in [6.45, 7) is 4.11. The second kappa shape index (κ2) is 5.59. The third-order valence-corrected chi connectivity index (χ3v) is 4.09. The number of thioether (sulfide) groups is 1. The molecule has 2 rings (SSSR count). The molecule has 0 aromatic heterocycles. The van der Waals surface area contributed by atoms with Crippen molar-refractivity contribution >= 4 is 24.2 Å². The standard InChI is InChI=1S/C10H19NOS.ClH/c1-10(11-4-5-12-10)8-9-2-6-13-7-3-9;/h9,11H,2-8H2,1H3;1H. The third-order valence-electron chi connectivity index (χ3n) is 3.04. The highest BCUT2D eigenvalue weighted by Gasteiger charge is 2.32. The van der Waals surface area contributed by atoms with Crippen molar-refractivity contribution in [2.75, 3.05) is 24.7 Å². The molecule has 14 heavy (non-hydrogen) atoms. The fourth-order valence-electron chi connectivity index (χ4n) is 2.28. The van der Waals surface area contributed by atoms with Gasteiger partial charge in [-0.1, -0.05) is 0 Å². The van der Waals surface area contributed by atoms with Gasteiger partial charge in [-0.2, -0.15) is 11.8 Å². The van der Waals surface area contributed by atoms with Gasteiger partial charge in [0.15, 0.2) is 0 Å². The molecule has 0 spiro atoms. The van der Waals surface area contributed by atoms with Crippen LogP contribution in [0.25, 0.3) is 0 Å². The van der Waals surface area contributed by atoms with E-state index >= 15 is 0 Å². The molecule has 2 aliphatic heterocycles. The summed E-state index contributed by atoms with van der Waals surface area (Å²) >= 11 is 2.09. The smallest absolute Gasteiger partial charge is 0.116 e. The summed E-state index contributed by atoms with van der Waals surface area (Å²) in [5.41, 5.74) is -0.00727. The molecule has 0 aromatic carbocycles. The van der Waals surface area contributed by atoms with E-state index in [0.717, 1.165) is 19.1 Å². The van der Waals surface area contributed by atoms with E-state index in [4.69, 9.17) is 4.74 Å². The molecule has 2 aliphatic rings. The van der Waals surface area contributed by atoms with Gasteiger partial charge in [-0.25, -0.2) is 0 Å². The number of halogens is 1. The van der Waals surface area contributed by atoms with E-state index in [1.165, 1.54) is 30.8 Å². The van der Waals surface area contributed by atoms with Gasteiger partial charge in [0.25, 0.3) is 0 Å². The fraction of sp³-hybridized carbons (Fsp3) is 1.00. The molecule has 1 N–H and O–H groups in total. The molecule has 0 saturated carbocycles. The number of hydrogen-bond donors (Lipinski definition) is 1. The molecular weight excluding hydrogens is 218 g/mol. The van der Waals surface area contributed by atoms with Gasteiger partial charge in [-0.15, -0.1) is 12.4 Å². The Kier molecular flexibility index (Phi) is 5.04. The molecule has 0 radical (unpaired) electrons. The lowest BCUT2D eigenvalue weighted by atomic mass is 9.93. The Balaban J connectivity index is 0.000000980. The molecule has 2 fully saturated rings. The fourth-order valence-corrected chi connectivity index (χ4v) is 3.48. The van der Waals surface area contributed by atoms with Crippen LogP contribution in [0.5, 0.6) is 0 Å². The SMILES string of the molecule is CC1(CC2CCSCC2)NCCO1.Cl. The van der Waals surface area contributed by atoms with Crippen LogP contribution in [-0.4, -0.2) is 30.4 Å². The van der Waals surface area contributed by atoms with E-state index < -0.39 is 0 Å². The monoisotopic (exact) mass is 237 g/mol. The largest absolute Gasteiger partial charge is 0.360 e. The molecule has 1 atom stereocenters. The lowest BCUT2D eigenvalue weighted by Gasteiger charge is -2.30.